The fraction of sp³-hybridized carbons (Fsp3) is 0.115. The van der Waals surface area contributed by atoms with E-state index in [9.17, 15) is 9.59 Å². The van der Waals surface area contributed by atoms with Crippen molar-refractivity contribution in [3.8, 4) is 5.75 Å². The van der Waals surface area contributed by atoms with E-state index in [1.165, 1.54) is 10.6 Å². The highest BCUT2D eigenvalue weighted by molar-refractivity contribution is 6.03. The van der Waals surface area contributed by atoms with Crippen molar-refractivity contribution in [3.05, 3.63) is 112 Å². The van der Waals surface area contributed by atoms with Gasteiger partial charge < -0.3 is 9.30 Å². The standard InChI is InChI=1S/C26H23N3O3/c1-2-32-24-15-14-20-11-6-7-12-21(20)23(24)17-27-28-25(30)22-13-8-16-29(26(22)31)18-19-9-4-3-5-10-19/h3-17H,2,18H2,1H3,(H,28,30)/b27-17-. The first-order chi connectivity index (χ1) is 15.7. The molecule has 1 amide bonds. The second-order valence-corrected chi connectivity index (χ2v) is 7.17. The first-order valence-corrected chi connectivity index (χ1v) is 10.4. The molecule has 0 unspecified atom stereocenters. The van der Waals surface area contributed by atoms with Gasteiger partial charge in [-0.05, 0) is 41.5 Å². The second kappa shape index (κ2) is 9.75. The summed E-state index contributed by atoms with van der Waals surface area (Å²) >= 11 is 0. The fourth-order valence-electron chi connectivity index (χ4n) is 3.52. The number of nitrogens with one attached hydrogen (secondary N) is 1. The van der Waals surface area contributed by atoms with Crippen LogP contribution in [0.25, 0.3) is 10.8 Å². The molecule has 0 radical (unpaired) electrons. The molecule has 32 heavy (non-hydrogen) atoms. The van der Waals surface area contributed by atoms with E-state index < -0.39 is 5.91 Å². The van der Waals surface area contributed by atoms with Gasteiger partial charge in [0, 0.05) is 11.8 Å². The van der Waals surface area contributed by atoms with Gasteiger partial charge in [-0.3, -0.25) is 9.59 Å². The van der Waals surface area contributed by atoms with Crippen LogP contribution in [0.5, 0.6) is 5.75 Å². The summed E-state index contributed by atoms with van der Waals surface area (Å²) in [4.78, 5) is 25.5. The van der Waals surface area contributed by atoms with Crippen LogP contribution in [0.3, 0.4) is 0 Å². The number of nitrogens with zero attached hydrogens (tertiary/aromatic N) is 2. The summed E-state index contributed by atoms with van der Waals surface area (Å²) in [7, 11) is 0. The molecule has 0 bridgehead atoms. The number of rotatable bonds is 7. The molecular formula is C26H23N3O3. The summed E-state index contributed by atoms with van der Waals surface area (Å²) < 4.78 is 7.23. The Bertz CT molecular complexity index is 1330. The Hall–Kier alpha value is -4.19. The van der Waals surface area contributed by atoms with E-state index in [1.54, 1.807) is 18.5 Å². The van der Waals surface area contributed by atoms with Crippen LogP contribution in [0.1, 0.15) is 28.4 Å². The van der Waals surface area contributed by atoms with E-state index in [2.05, 4.69) is 10.5 Å². The van der Waals surface area contributed by atoms with Gasteiger partial charge in [-0.2, -0.15) is 5.10 Å². The minimum Gasteiger partial charge on any atom is -0.493 e. The lowest BCUT2D eigenvalue weighted by Crippen LogP contribution is -2.30. The highest BCUT2D eigenvalue weighted by Crippen LogP contribution is 2.26. The summed E-state index contributed by atoms with van der Waals surface area (Å²) in [6, 6.07) is 24.5. The van der Waals surface area contributed by atoms with E-state index in [1.807, 2.05) is 73.7 Å². The zero-order valence-corrected chi connectivity index (χ0v) is 17.7. The quantitative estimate of drug-likeness (QED) is 0.356. The van der Waals surface area contributed by atoms with Crippen molar-refractivity contribution in [1.29, 1.82) is 0 Å². The Balaban J connectivity index is 1.56. The van der Waals surface area contributed by atoms with E-state index in [4.69, 9.17) is 4.74 Å². The van der Waals surface area contributed by atoms with E-state index in [0.29, 0.717) is 18.9 Å². The van der Waals surface area contributed by atoms with Crippen LogP contribution in [0, 0.1) is 0 Å². The number of benzene rings is 3. The lowest BCUT2D eigenvalue weighted by Gasteiger charge is -2.10. The third kappa shape index (κ3) is 4.59. The molecular weight excluding hydrogens is 402 g/mol. The Labute approximate surface area is 185 Å². The van der Waals surface area contributed by atoms with Crippen LogP contribution < -0.4 is 15.7 Å². The molecule has 4 rings (SSSR count). The predicted octanol–water partition coefficient (Wildman–Crippen LogP) is 4.21. The zero-order chi connectivity index (χ0) is 22.3. The first-order valence-electron chi connectivity index (χ1n) is 10.4. The molecule has 0 aliphatic rings. The average Bonchev–Trinajstić information content (AvgIpc) is 2.82. The summed E-state index contributed by atoms with van der Waals surface area (Å²) in [6.45, 7) is 2.81. The zero-order valence-electron chi connectivity index (χ0n) is 17.7. The maximum Gasteiger partial charge on any atom is 0.276 e. The van der Waals surface area contributed by atoms with Gasteiger partial charge in [0.1, 0.15) is 11.3 Å². The molecule has 6 heteroatoms. The largest absolute Gasteiger partial charge is 0.493 e. The number of ether oxygens (including phenoxy) is 1. The SMILES string of the molecule is CCOc1ccc2ccccc2c1/C=N\NC(=O)c1cccn(Cc2ccccc2)c1=O. The molecule has 1 heterocycles. The van der Waals surface area contributed by atoms with Crippen molar-refractivity contribution < 1.29 is 9.53 Å². The topological polar surface area (TPSA) is 72.7 Å². The third-order valence-corrected chi connectivity index (χ3v) is 5.05. The molecule has 3 aromatic carbocycles. The van der Waals surface area contributed by atoms with Gasteiger partial charge in [-0.1, -0.05) is 60.7 Å². The number of hydrazone groups is 1. The van der Waals surface area contributed by atoms with E-state index in [0.717, 1.165) is 21.9 Å². The molecule has 1 N–H and O–H groups in total. The lowest BCUT2D eigenvalue weighted by molar-refractivity contribution is 0.0953. The number of hydrogen-bond acceptors (Lipinski definition) is 4. The number of fused-ring (bicyclic) bond motifs is 1. The van der Waals surface area contributed by atoms with E-state index >= 15 is 0 Å². The predicted molar refractivity (Wildman–Crippen MR) is 126 cm³/mol. The number of carbonyl (C=O) groups is 1. The molecule has 6 nitrogen and oxygen atoms in total. The normalized spacial score (nSPS) is 11.0. The third-order valence-electron chi connectivity index (χ3n) is 5.05. The first kappa shape index (κ1) is 21.1. The minimum atomic E-state index is -0.563. The lowest BCUT2D eigenvalue weighted by atomic mass is 10.0. The summed E-state index contributed by atoms with van der Waals surface area (Å²) in [5.41, 5.74) is 3.88. The molecule has 0 atom stereocenters. The molecule has 4 aromatic rings. The van der Waals surface area contributed by atoms with Gasteiger partial charge in [0.15, 0.2) is 0 Å². The summed E-state index contributed by atoms with van der Waals surface area (Å²) in [5.74, 6) is 0.112. The van der Waals surface area contributed by atoms with Crippen LogP contribution in [-0.4, -0.2) is 23.3 Å². The number of hydrogen-bond donors (Lipinski definition) is 1. The van der Waals surface area contributed by atoms with Crippen molar-refractivity contribution in [2.75, 3.05) is 6.61 Å². The van der Waals surface area contributed by atoms with Crippen molar-refractivity contribution in [2.45, 2.75) is 13.5 Å². The maximum atomic E-state index is 12.8. The molecule has 0 aliphatic carbocycles. The van der Waals surface area contributed by atoms with Gasteiger partial charge >= 0.3 is 0 Å². The maximum absolute atomic E-state index is 12.8. The summed E-state index contributed by atoms with van der Waals surface area (Å²) in [5, 5.41) is 6.11. The molecule has 1 aromatic heterocycles. The minimum absolute atomic E-state index is 0.0310. The van der Waals surface area contributed by atoms with Crippen LogP contribution in [-0.2, 0) is 6.54 Å². The van der Waals surface area contributed by atoms with Crippen molar-refractivity contribution in [3.63, 3.8) is 0 Å². The van der Waals surface area contributed by atoms with Gasteiger partial charge in [0.2, 0.25) is 0 Å². The van der Waals surface area contributed by atoms with Crippen LogP contribution in [0.4, 0.5) is 0 Å². The number of amides is 1. The van der Waals surface area contributed by atoms with Crippen LogP contribution >= 0.6 is 0 Å². The van der Waals surface area contributed by atoms with E-state index in [-0.39, 0.29) is 11.1 Å². The summed E-state index contributed by atoms with van der Waals surface area (Å²) in [6.07, 6.45) is 3.22. The Morgan fingerprint density at radius 2 is 1.78 bits per heavy atom. The molecule has 0 saturated carbocycles. The average molecular weight is 425 g/mol. The highest BCUT2D eigenvalue weighted by Gasteiger charge is 2.12. The molecule has 0 saturated heterocycles. The van der Waals surface area contributed by atoms with Crippen molar-refractivity contribution in [2.24, 2.45) is 5.10 Å². The van der Waals surface area contributed by atoms with Crippen LogP contribution in [0.2, 0.25) is 0 Å². The van der Waals surface area contributed by atoms with Gasteiger partial charge in [-0.25, -0.2) is 5.43 Å². The Morgan fingerprint density at radius 1 is 1.00 bits per heavy atom. The number of aromatic nitrogens is 1. The number of pyridine rings is 1. The smallest absolute Gasteiger partial charge is 0.276 e. The molecule has 0 fully saturated rings. The van der Waals surface area contributed by atoms with Crippen LogP contribution in [0.15, 0.2) is 95.0 Å². The molecule has 0 spiro atoms. The molecule has 160 valence electrons. The second-order valence-electron chi connectivity index (χ2n) is 7.17. The Morgan fingerprint density at radius 3 is 2.59 bits per heavy atom. The monoisotopic (exact) mass is 425 g/mol. The molecule has 0 aliphatic heterocycles. The van der Waals surface area contributed by atoms with Gasteiger partial charge in [0.25, 0.3) is 11.5 Å². The Kier molecular flexibility index (Phi) is 6.41. The van der Waals surface area contributed by atoms with Gasteiger partial charge in [-0.15, -0.1) is 0 Å². The van der Waals surface area contributed by atoms with Gasteiger partial charge in [0.05, 0.1) is 19.4 Å². The number of carbonyl (C=O) groups excluding carboxylic acids is 1. The highest BCUT2D eigenvalue weighted by atomic mass is 16.5. The fourth-order valence-corrected chi connectivity index (χ4v) is 3.52. The van der Waals surface area contributed by atoms with Crippen molar-refractivity contribution in [1.82, 2.24) is 9.99 Å². The van der Waals surface area contributed by atoms with Crippen molar-refractivity contribution >= 4 is 22.9 Å².